The van der Waals surface area contributed by atoms with E-state index in [1.807, 2.05) is 106 Å². The van der Waals surface area contributed by atoms with Crippen molar-refractivity contribution in [3.63, 3.8) is 0 Å². The van der Waals surface area contributed by atoms with Gasteiger partial charge >= 0.3 is 30.1 Å². The average molecular weight is 1570 g/mol. The molecule has 26 heteroatoms. The molecule has 0 spiro atoms. The van der Waals surface area contributed by atoms with E-state index < -0.39 is 35.6 Å². The van der Waals surface area contributed by atoms with Crippen molar-refractivity contribution in [2.75, 3.05) is 136 Å². The molecular formula is C82H107BrF3N7O15. The second-order valence-corrected chi connectivity index (χ2v) is 25.5. The van der Waals surface area contributed by atoms with Crippen molar-refractivity contribution in [2.24, 2.45) is 11.7 Å². The zero-order valence-electron chi connectivity index (χ0n) is 63.2. The maximum Gasteiger partial charge on any atom is 0.416 e. The van der Waals surface area contributed by atoms with Gasteiger partial charge in [-0.05, 0) is 122 Å². The number of alkyl halides is 4. The van der Waals surface area contributed by atoms with Crippen molar-refractivity contribution in [2.45, 2.75) is 99.8 Å². The van der Waals surface area contributed by atoms with E-state index in [0.717, 1.165) is 189 Å². The molecule has 2 aromatic heterocycles. The zero-order chi connectivity index (χ0) is 79.2. The smallest absolute Gasteiger partial charge is 0.416 e. The summed E-state index contributed by atoms with van der Waals surface area (Å²) < 4.78 is 70.6. The Morgan fingerprint density at radius 2 is 0.935 bits per heavy atom. The Bertz CT molecular complexity index is 3810. The molecule has 108 heavy (non-hydrogen) atoms. The van der Waals surface area contributed by atoms with E-state index >= 15 is 0 Å². The third-order valence-corrected chi connectivity index (χ3v) is 17.5. The Morgan fingerprint density at radius 3 is 1.31 bits per heavy atom. The highest BCUT2D eigenvalue weighted by atomic mass is 79.9. The number of aromatic carboxylic acids is 1. The van der Waals surface area contributed by atoms with Crippen LogP contribution in [0.4, 0.5) is 18.9 Å². The Kier molecular flexibility index (Phi) is 43.5. The van der Waals surface area contributed by atoms with Gasteiger partial charge in [0.15, 0.2) is 11.6 Å². The number of esters is 3. The van der Waals surface area contributed by atoms with Crippen molar-refractivity contribution in [1.82, 2.24) is 23.8 Å². The van der Waals surface area contributed by atoms with Crippen LogP contribution in [-0.2, 0) is 66.9 Å². The number of ketones is 4. The topological polar surface area (TPSA) is 284 Å². The molecule has 0 bridgehead atoms. The highest BCUT2D eigenvalue weighted by Gasteiger charge is 2.31. The van der Waals surface area contributed by atoms with Gasteiger partial charge in [-0.2, -0.15) is 13.2 Å². The summed E-state index contributed by atoms with van der Waals surface area (Å²) in [4.78, 5) is 97.5. The monoisotopic (exact) mass is 1570 g/mol. The van der Waals surface area contributed by atoms with E-state index in [0.29, 0.717) is 35.2 Å². The number of nitrogens with zero attached hydrogens (tertiary/aromatic N) is 5. The number of rotatable bonds is 27. The number of carbonyl (C=O) groups is 8. The standard InChI is InChI=1S/C21H28N2O3.C19H24N2O3.C14H16O4.C8H7BrO.C7H6F3N.C7H16N2O.C6H10O3/c1-3-26-21(24)19-16-20(18-8-5-4-6-9-18)23(17(19)2)11-7-10-22-12-14-25-15-13-22;1-15-17(19(22)23)14-18(16-6-3-2-4-7-16)21(15)9-5-8-20-10-12-24-13-11-20;1-3-18-14(17)12(10(2)15)9-13(16)11-7-5-4-6-8-11;9-6-8(10)7-4-2-1-3-5-7;8-7(9,10)5-2-1-3-6(11)4-5;8-2-1-3-9-4-6-10-7-5-9;1-3-9-6(8)4-5(2)7/h4-6,8-9,16H,3,7,10-15H2,1-2H3;2-4,6-7,14H,5,8-13H2,1H3,(H,22,23);4-8,12H,3,9H2,1-2H3;1-5H,6H2;1-4H,11H2;1-8H2;3-4H2,1-2H3. The summed E-state index contributed by atoms with van der Waals surface area (Å²) in [6.07, 6.45) is -1.40. The largest absolute Gasteiger partial charge is 0.478 e. The van der Waals surface area contributed by atoms with Gasteiger partial charge in [-0.1, -0.05) is 143 Å². The van der Waals surface area contributed by atoms with Crippen molar-refractivity contribution in [3.8, 4) is 22.5 Å². The summed E-state index contributed by atoms with van der Waals surface area (Å²) in [6.45, 7) is 29.6. The van der Waals surface area contributed by atoms with E-state index in [9.17, 15) is 56.6 Å². The van der Waals surface area contributed by atoms with Crippen molar-refractivity contribution >= 4 is 68.6 Å². The molecule has 588 valence electrons. The summed E-state index contributed by atoms with van der Waals surface area (Å²) in [7, 11) is 0. The Morgan fingerprint density at radius 1 is 0.528 bits per heavy atom. The molecule has 0 radical (unpaired) electrons. The number of carboxylic acids is 1. The highest BCUT2D eigenvalue weighted by molar-refractivity contribution is 9.09. The van der Waals surface area contributed by atoms with E-state index in [1.165, 1.54) is 26.0 Å². The number of carbonyl (C=O) groups excluding carboxylic acids is 7. The Balaban J connectivity index is 0.000000277. The van der Waals surface area contributed by atoms with Gasteiger partial charge in [-0.25, -0.2) is 9.59 Å². The van der Waals surface area contributed by atoms with Crippen LogP contribution in [0.3, 0.4) is 0 Å². The van der Waals surface area contributed by atoms with Crippen LogP contribution in [0.5, 0.6) is 0 Å². The maximum atomic E-state index is 12.3. The molecule has 1 atom stereocenters. The highest BCUT2D eigenvalue weighted by Crippen LogP contribution is 2.31. The molecule has 7 aromatic rings. The molecule has 0 saturated carbocycles. The van der Waals surface area contributed by atoms with Crippen molar-refractivity contribution in [1.29, 1.82) is 0 Å². The fourth-order valence-electron chi connectivity index (χ4n) is 11.3. The number of hydrogen-bond acceptors (Lipinski definition) is 19. The molecule has 22 nitrogen and oxygen atoms in total. The van der Waals surface area contributed by atoms with Crippen LogP contribution in [0.25, 0.3) is 22.5 Å². The first-order chi connectivity index (χ1) is 51.9. The zero-order valence-corrected chi connectivity index (χ0v) is 64.8. The second kappa shape index (κ2) is 51.4. The quantitative estimate of drug-likeness (QED) is 0.0108. The third-order valence-electron chi connectivity index (χ3n) is 17.0. The summed E-state index contributed by atoms with van der Waals surface area (Å²) in [5, 5.41) is 9.84. The molecule has 3 aliphatic heterocycles. The number of Topliss-reactive ketones (excluding diaryl/α,β-unsaturated/α-hetero) is 4. The minimum Gasteiger partial charge on any atom is -0.478 e. The van der Waals surface area contributed by atoms with Gasteiger partial charge in [0.2, 0.25) is 0 Å². The molecule has 0 amide bonds. The predicted molar refractivity (Wildman–Crippen MR) is 415 cm³/mol. The number of hydrogen-bond donors (Lipinski definition) is 3. The van der Waals surface area contributed by atoms with E-state index in [2.05, 4.69) is 56.6 Å². The molecule has 5 N–H and O–H groups in total. The molecule has 5 aromatic carbocycles. The number of ether oxygens (including phenoxy) is 6. The van der Waals surface area contributed by atoms with E-state index in [-0.39, 0.29) is 54.2 Å². The maximum absolute atomic E-state index is 12.3. The van der Waals surface area contributed by atoms with Crippen LogP contribution in [0, 0.1) is 19.8 Å². The number of aromatic nitrogens is 2. The summed E-state index contributed by atoms with van der Waals surface area (Å²) in [5.41, 5.74) is 18.3. The SMILES string of the molecule is CCOC(=O)C(CC(=O)c1ccccc1)C(C)=O.CCOC(=O)CC(C)=O.CCOC(=O)c1cc(-c2ccccc2)n(CCCN2CCOCC2)c1C.Cc1c(C(=O)O)cc(-c2ccccc2)n1CCCN1CCOCC1.NCCCN1CCOCC1.Nc1cccc(C(F)(F)F)c1.O=C(CBr)c1ccccc1. The van der Waals surface area contributed by atoms with Crippen molar-refractivity contribution < 1.29 is 85.1 Å². The molecule has 5 heterocycles. The summed E-state index contributed by atoms with van der Waals surface area (Å²) in [5.74, 6) is -3.79. The Hall–Kier alpha value is -8.99. The molecule has 0 aliphatic carbocycles. The van der Waals surface area contributed by atoms with E-state index in [1.54, 1.807) is 50.2 Å². The fraction of sp³-hybridized carbons (Fsp3) is 0.439. The lowest BCUT2D eigenvalue weighted by Gasteiger charge is -2.26. The number of morpholine rings is 3. The van der Waals surface area contributed by atoms with Gasteiger partial charge in [0.05, 0.1) is 81.5 Å². The summed E-state index contributed by atoms with van der Waals surface area (Å²) in [6, 6.07) is 46.4. The molecule has 3 aliphatic rings. The molecule has 1 unspecified atom stereocenters. The first-order valence-corrected chi connectivity index (χ1v) is 37.5. The van der Waals surface area contributed by atoms with Gasteiger partial charge in [0.25, 0.3) is 0 Å². The summed E-state index contributed by atoms with van der Waals surface area (Å²) >= 11 is 3.10. The second-order valence-electron chi connectivity index (χ2n) is 25.0. The molecular weight excluding hydrogens is 1460 g/mol. The Labute approximate surface area is 641 Å². The number of nitrogen functional groups attached to an aromatic ring is 1. The number of carboxylic acid groups (broad SMARTS) is 1. The average Bonchev–Trinajstić information content (AvgIpc) is 1.65. The lowest BCUT2D eigenvalue weighted by Crippen LogP contribution is -2.37. The van der Waals surface area contributed by atoms with Crippen molar-refractivity contribution in [3.05, 3.63) is 197 Å². The molecule has 3 fully saturated rings. The van der Waals surface area contributed by atoms with E-state index in [4.69, 9.17) is 35.2 Å². The van der Waals surface area contributed by atoms with Gasteiger partial charge in [-0.15, -0.1) is 0 Å². The van der Waals surface area contributed by atoms with Crippen LogP contribution in [-0.4, -0.2) is 206 Å². The number of halogens is 4. The van der Waals surface area contributed by atoms with Gasteiger partial charge in [-0.3, -0.25) is 43.5 Å². The lowest BCUT2D eigenvalue weighted by molar-refractivity contribution is -0.151. The number of benzene rings is 5. The first kappa shape index (κ1) is 91.4. The van der Waals surface area contributed by atoms with Crippen LogP contribution in [0.15, 0.2) is 158 Å². The number of nitrogens with two attached hydrogens (primary N) is 2. The predicted octanol–water partition coefficient (Wildman–Crippen LogP) is 13.0. The first-order valence-electron chi connectivity index (χ1n) is 36.4. The van der Waals surface area contributed by atoms with Crippen LogP contribution < -0.4 is 11.5 Å². The lowest BCUT2D eigenvalue weighted by atomic mass is 9.95. The fourth-order valence-corrected chi connectivity index (χ4v) is 11.6. The van der Waals surface area contributed by atoms with Gasteiger partial charge < -0.3 is 54.1 Å². The van der Waals surface area contributed by atoms with Gasteiger partial charge in [0, 0.05) is 111 Å². The molecule has 3 saturated heterocycles. The normalized spacial score (nSPS) is 13.8. The van der Waals surface area contributed by atoms with Crippen LogP contribution in [0.2, 0.25) is 0 Å². The molecule has 10 rings (SSSR count). The van der Waals surface area contributed by atoms with Gasteiger partial charge in [0.1, 0.15) is 23.9 Å². The minimum absolute atomic E-state index is 0.103. The number of anilines is 1. The minimum atomic E-state index is -4.30. The van der Waals surface area contributed by atoms with Crippen LogP contribution >= 0.6 is 15.9 Å². The van der Waals surface area contributed by atoms with Crippen LogP contribution in [0.1, 0.15) is 125 Å². The third kappa shape index (κ3) is 34.1.